The molecule has 0 radical (unpaired) electrons. The second-order valence-corrected chi connectivity index (χ2v) is 5.81. The molecule has 0 bridgehead atoms. The summed E-state index contributed by atoms with van der Waals surface area (Å²) in [6.45, 7) is 6.71. The molecule has 0 aliphatic heterocycles. The summed E-state index contributed by atoms with van der Waals surface area (Å²) in [5.74, 6) is 1.11. The lowest BCUT2D eigenvalue weighted by Gasteiger charge is -2.08. The SMILES string of the molecule is CCCc1cc(=O)n2[nH]c(CNc3ccc(C)cc3C)nc2n1. The van der Waals surface area contributed by atoms with Crippen LogP contribution in [-0.2, 0) is 13.0 Å². The van der Waals surface area contributed by atoms with Gasteiger partial charge in [-0.3, -0.25) is 9.89 Å². The molecule has 6 nitrogen and oxygen atoms in total. The van der Waals surface area contributed by atoms with Gasteiger partial charge >= 0.3 is 0 Å². The van der Waals surface area contributed by atoms with E-state index < -0.39 is 0 Å². The maximum Gasteiger partial charge on any atom is 0.274 e. The average Bonchev–Trinajstić information content (AvgIpc) is 2.90. The van der Waals surface area contributed by atoms with Gasteiger partial charge in [0.25, 0.3) is 11.3 Å². The van der Waals surface area contributed by atoms with Gasteiger partial charge in [-0.1, -0.05) is 31.0 Å². The van der Waals surface area contributed by atoms with Crippen molar-refractivity contribution in [3.8, 4) is 0 Å². The maximum atomic E-state index is 12.1. The second kappa shape index (κ2) is 6.24. The molecule has 23 heavy (non-hydrogen) atoms. The number of anilines is 1. The van der Waals surface area contributed by atoms with Crippen molar-refractivity contribution in [3.05, 3.63) is 57.3 Å². The van der Waals surface area contributed by atoms with E-state index in [1.54, 1.807) is 6.07 Å². The molecule has 120 valence electrons. The van der Waals surface area contributed by atoms with E-state index in [2.05, 4.69) is 59.4 Å². The molecule has 0 amide bonds. The van der Waals surface area contributed by atoms with Crippen molar-refractivity contribution in [1.82, 2.24) is 19.6 Å². The molecule has 2 N–H and O–H groups in total. The van der Waals surface area contributed by atoms with Crippen LogP contribution in [-0.4, -0.2) is 19.6 Å². The maximum absolute atomic E-state index is 12.1. The molecule has 0 atom stereocenters. The summed E-state index contributed by atoms with van der Waals surface area (Å²) >= 11 is 0. The number of hydrogen-bond acceptors (Lipinski definition) is 4. The van der Waals surface area contributed by atoms with E-state index in [4.69, 9.17) is 0 Å². The number of nitrogens with one attached hydrogen (secondary N) is 2. The van der Waals surface area contributed by atoms with Gasteiger partial charge in [-0.05, 0) is 31.9 Å². The molecule has 0 unspecified atom stereocenters. The van der Waals surface area contributed by atoms with Gasteiger partial charge < -0.3 is 5.32 Å². The fraction of sp³-hybridized carbons (Fsp3) is 0.353. The Morgan fingerprint density at radius 2 is 2.04 bits per heavy atom. The number of fused-ring (bicyclic) bond motifs is 1. The zero-order valence-corrected chi connectivity index (χ0v) is 13.7. The fourth-order valence-corrected chi connectivity index (χ4v) is 2.63. The predicted octanol–water partition coefficient (Wildman–Crippen LogP) is 2.60. The van der Waals surface area contributed by atoms with Crippen molar-refractivity contribution in [2.45, 2.75) is 40.2 Å². The second-order valence-electron chi connectivity index (χ2n) is 5.81. The Morgan fingerprint density at radius 1 is 1.22 bits per heavy atom. The van der Waals surface area contributed by atoms with E-state index in [1.807, 2.05) is 0 Å². The summed E-state index contributed by atoms with van der Waals surface area (Å²) in [6, 6.07) is 7.81. The highest BCUT2D eigenvalue weighted by atomic mass is 16.1. The van der Waals surface area contributed by atoms with Gasteiger partial charge in [0.15, 0.2) is 0 Å². The number of aryl methyl sites for hydroxylation is 3. The highest BCUT2D eigenvalue weighted by Crippen LogP contribution is 2.16. The van der Waals surface area contributed by atoms with E-state index in [9.17, 15) is 4.79 Å². The van der Waals surface area contributed by atoms with Crippen LogP contribution in [0.4, 0.5) is 5.69 Å². The van der Waals surface area contributed by atoms with Crippen LogP contribution in [0.15, 0.2) is 29.1 Å². The monoisotopic (exact) mass is 311 g/mol. The molecule has 1 aromatic carbocycles. The largest absolute Gasteiger partial charge is 0.378 e. The molecule has 3 rings (SSSR count). The predicted molar refractivity (Wildman–Crippen MR) is 90.8 cm³/mol. The molecule has 6 heteroatoms. The summed E-state index contributed by atoms with van der Waals surface area (Å²) in [7, 11) is 0. The van der Waals surface area contributed by atoms with Gasteiger partial charge in [0.05, 0.1) is 12.2 Å². The number of hydrogen-bond donors (Lipinski definition) is 2. The highest BCUT2D eigenvalue weighted by molar-refractivity contribution is 5.51. The van der Waals surface area contributed by atoms with Crippen LogP contribution >= 0.6 is 0 Å². The number of nitrogens with zero attached hydrogens (tertiary/aromatic N) is 3. The molecule has 2 aromatic heterocycles. The van der Waals surface area contributed by atoms with Crippen LogP contribution in [0.2, 0.25) is 0 Å². The summed E-state index contributed by atoms with van der Waals surface area (Å²) in [5.41, 5.74) is 4.14. The quantitative estimate of drug-likeness (QED) is 0.759. The summed E-state index contributed by atoms with van der Waals surface area (Å²) < 4.78 is 1.39. The van der Waals surface area contributed by atoms with Gasteiger partial charge in [-0.25, -0.2) is 4.98 Å². The molecule has 0 saturated carbocycles. The van der Waals surface area contributed by atoms with E-state index in [0.29, 0.717) is 18.1 Å². The van der Waals surface area contributed by atoms with Crippen LogP contribution in [0.5, 0.6) is 0 Å². The molecular weight excluding hydrogens is 290 g/mol. The number of aromatic amines is 1. The zero-order valence-electron chi connectivity index (χ0n) is 13.7. The van der Waals surface area contributed by atoms with Crippen LogP contribution in [0.25, 0.3) is 5.78 Å². The summed E-state index contributed by atoms with van der Waals surface area (Å²) in [6.07, 6.45) is 1.74. The summed E-state index contributed by atoms with van der Waals surface area (Å²) in [4.78, 5) is 20.9. The Morgan fingerprint density at radius 3 is 2.78 bits per heavy atom. The third-order valence-electron chi connectivity index (χ3n) is 3.76. The minimum absolute atomic E-state index is 0.122. The first-order valence-corrected chi connectivity index (χ1v) is 7.85. The van der Waals surface area contributed by atoms with Gasteiger partial charge in [0.2, 0.25) is 0 Å². The Kier molecular flexibility index (Phi) is 4.14. The lowest BCUT2D eigenvalue weighted by atomic mass is 10.1. The van der Waals surface area contributed by atoms with E-state index >= 15 is 0 Å². The van der Waals surface area contributed by atoms with Gasteiger partial charge in [-0.15, -0.1) is 0 Å². The van der Waals surface area contributed by atoms with E-state index in [0.717, 1.165) is 24.2 Å². The molecule has 0 aliphatic rings. The minimum Gasteiger partial charge on any atom is -0.378 e. The number of H-pyrrole nitrogens is 1. The third-order valence-corrected chi connectivity index (χ3v) is 3.76. The smallest absolute Gasteiger partial charge is 0.274 e. The third kappa shape index (κ3) is 3.26. The Balaban J connectivity index is 1.83. The standard InChI is InChI=1S/C17H21N5O/c1-4-5-13-9-16(23)22-17(19-13)20-15(21-22)10-18-14-7-6-11(2)8-12(14)3/h6-9,18H,4-5,10H2,1-3H3,(H,19,20,21). The topological polar surface area (TPSA) is 75.1 Å². The van der Waals surface area contributed by atoms with Crippen molar-refractivity contribution >= 4 is 11.5 Å². The van der Waals surface area contributed by atoms with Gasteiger partial charge in [0.1, 0.15) is 5.82 Å². The van der Waals surface area contributed by atoms with Gasteiger partial charge in [-0.2, -0.15) is 9.50 Å². The first-order valence-electron chi connectivity index (χ1n) is 7.85. The van der Waals surface area contributed by atoms with E-state index in [-0.39, 0.29) is 5.56 Å². The summed E-state index contributed by atoms with van der Waals surface area (Å²) in [5, 5.41) is 6.34. The average molecular weight is 311 g/mol. The lowest BCUT2D eigenvalue weighted by Crippen LogP contribution is -2.16. The zero-order chi connectivity index (χ0) is 16.4. The highest BCUT2D eigenvalue weighted by Gasteiger charge is 2.08. The number of aromatic nitrogens is 4. The van der Waals surface area contributed by atoms with E-state index in [1.165, 1.54) is 15.6 Å². The van der Waals surface area contributed by atoms with Crippen LogP contribution in [0, 0.1) is 13.8 Å². The van der Waals surface area contributed by atoms with Crippen LogP contribution < -0.4 is 10.9 Å². The van der Waals surface area contributed by atoms with Crippen LogP contribution in [0.1, 0.15) is 36.0 Å². The molecule has 3 aromatic rings. The molecule has 0 saturated heterocycles. The van der Waals surface area contributed by atoms with Crippen molar-refractivity contribution in [3.63, 3.8) is 0 Å². The van der Waals surface area contributed by atoms with Gasteiger partial charge in [0, 0.05) is 11.8 Å². The number of rotatable bonds is 5. The Hall–Kier alpha value is -2.63. The Bertz CT molecular complexity index is 894. The normalized spacial score (nSPS) is 11.1. The first-order chi connectivity index (χ1) is 11.1. The van der Waals surface area contributed by atoms with Crippen molar-refractivity contribution in [1.29, 1.82) is 0 Å². The molecule has 0 aliphatic carbocycles. The minimum atomic E-state index is -0.122. The molecule has 0 spiro atoms. The fourth-order valence-electron chi connectivity index (χ4n) is 2.63. The molecular formula is C17H21N5O. The van der Waals surface area contributed by atoms with Crippen LogP contribution in [0.3, 0.4) is 0 Å². The molecule has 2 heterocycles. The number of benzene rings is 1. The van der Waals surface area contributed by atoms with Crippen molar-refractivity contribution < 1.29 is 0 Å². The van der Waals surface area contributed by atoms with Crippen molar-refractivity contribution in [2.24, 2.45) is 0 Å². The van der Waals surface area contributed by atoms with Crippen molar-refractivity contribution in [2.75, 3.05) is 5.32 Å². The molecule has 0 fully saturated rings. The lowest BCUT2D eigenvalue weighted by molar-refractivity contribution is 0.825. The first kappa shape index (κ1) is 15.3. The Labute approximate surface area is 134 Å².